The Morgan fingerprint density at radius 3 is 1.25 bits per heavy atom. The van der Waals surface area contributed by atoms with Crippen molar-refractivity contribution in [3.63, 3.8) is 0 Å². The van der Waals surface area contributed by atoms with Crippen molar-refractivity contribution in [2.75, 3.05) is 0 Å². The molecule has 0 heterocycles. The van der Waals surface area contributed by atoms with Gasteiger partial charge in [-0.1, -0.05) is 0 Å². The van der Waals surface area contributed by atoms with Crippen molar-refractivity contribution in [1.82, 2.24) is 0 Å². The van der Waals surface area contributed by atoms with Gasteiger partial charge in [-0.15, -0.1) is 0 Å². The summed E-state index contributed by atoms with van der Waals surface area (Å²) in [6, 6.07) is 17.5. The normalized spacial score (nSPS) is 10.3. The Morgan fingerprint density at radius 1 is 0.650 bits per heavy atom. The molecule has 0 aliphatic rings. The molecule has 0 aromatic heterocycles. The number of hydrogen-bond acceptors (Lipinski definition) is 0. The van der Waals surface area contributed by atoms with Crippen LogP contribution in [0.25, 0.3) is 7.24 Å². The molecule has 0 fully saturated rings. The molecule has 0 radical (unpaired) electrons. The fourth-order valence-electron chi connectivity index (χ4n) is 1.68. The van der Waals surface area contributed by atoms with E-state index in [1.807, 2.05) is 0 Å². The van der Waals surface area contributed by atoms with E-state index in [1.165, 1.54) is 29.5 Å². The van der Waals surface area contributed by atoms with Crippen molar-refractivity contribution in [3.05, 3.63) is 83.9 Å². The maximum absolute atomic E-state index is 4.28. The van der Waals surface area contributed by atoms with Crippen LogP contribution in [0.3, 0.4) is 0 Å². The zero-order chi connectivity index (χ0) is 14.5. The molecule has 0 bridgehead atoms. The SMILES string of the molecule is C=C([Te][Te]C(=C)c1ccc(C)cc1)c1ccc(C)cc1. The minimum atomic E-state index is -0.155. The predicted molar refractivity (Wildman–Crippen MR) is 91.9 cm³/mol. The van der Waals surface area contributed by atoms with Gasteiger partial charge in [-0.05, 0) is 0 Å². The molecule has 0 N–H and O–H groups in total. The second kappa shape index (κ2) is 7.49. The summed E-state index contributed by atoms with van der Waals surface area (Å²) >= 11 is -0.310. The van der Waals surface area contributed by atoms with Gasteiger partial charge in [0.05, 0.1) is 0 Å². The van der Waals surface area contributed by atoms with Gasteiger partial charge in [0.25, 0.3) is 0 Å². The number of benzene rings is 2. The average molecular weight is 490 g/mol. The molecule has 20 heavy (non-hydrogen) atoms. The Bertz CT molecular complexity index is 549. The van der Waals surface area contributed by atoms with Crippen LogP contribution < -0.4 is 0 Å². The molecule has 0 aliphatic heterocycles. The molecule has 0 nitrogen and oxygen atoms in total. The van der Waals surface area contributed by atoms with Crippen LogP contribution in [0.1, 0.15) is 22.3 Å². The minimum absolute atomic E-state index is 0.155. The van der Waals surface area contributed by atoms with E-state index in [-0.39, 0.29) is 34.1 Å². The first-order valence-corrected chi connectivity index (χ1v) is 16.1. The zero-order valence-electron chi connectivity index (χ0n) is 11.8. The van der Waals surface area contributed by atoms with E-state index < -0.39 is 0 Å². The van der Waals surface area contributed by atoms with Crippen LogP contribution in [0.2, 0.25) is 0 Å². The third-order valence-corrected chi connectivity index (χ3v) is 15.0. The molecular weight excluding hydrogens is 471 g/mol. The first-order valence-electron chi connectivity index (χ1n) is 6.42. The van der Waals surface area contributed by atoms with Crippen LogP contribution >= 0.6 is 0 Å². The van der Waals surface area contributed by atoms with Gasteiger partial charge in [0.2, 0.25) is 0 Å². The molecule has 102 valence electrons. The molecule has 0 spiro atoms. The van der Waals surface area contributed by atoms with Gasteiger partial charge in [0.1, 0.15) is 0 Å². The van der Waals surface area contributed by atoms with Crippen molar-refractivity contribution < 1.29 is 0 Å². The Hall–Kier alpha value is -0.501. The Morgan fingerprint density at radius 2 is 0.950 bits per heavy atom. The first-order chi connectivity index (χ1) is 9.56. The van der Waals surface area contributed by atoms with Crippen molar-refractivity contribution in [2.24, 2.45) is 0 Å². The molecule has 0 unspecified atom stereocenters. The Balaban J connectivity index is 1.94. The fraction of sp³-hybridized carbons (Fsp3) is 0.111. The summed E-state index contributed by atoms with van der Waals surface area (Å²) in [4.78, 5) is 0. The first kappa shape index (κ1) is 15.9. The van der Waals surface area contributed by atoms with Gasteiger partial charge in [0.15, 0.2) is 0 Å². The predicted octanol–water partition coefficient (Wildman–Crippen LogP) is 4.27. The van der Waals surface area contributed by atoms with Crippen LogP contribution in [0.15, 0.2) is 61.7 Å². The average Bonchev–Trinajstić information content (AvgIpc) is 2.46. The van der Waals surface area contributed by atoms with E-state index in [4.69, 9.17) is 0 Å². The second-order valence-corrected chi connectivity index (χ2v) is 14.9. The number of rotatable bonds is 5. The van der Waals surface area contributed by atoms with Gasteiger partial charge in [-0.2, -0.15) is 0 Å². The number of hydrogen-bond donors (Lipinski definition) is 0. The standard InChI is InChI=1S/C18H18Te2/c1-13-5-9-17(10-6-13)15(3)19-20-16(4)18-11-7-14(2)8-12-18/h5-12H,3-4H2,1-2H3. The van der Waals surface area contributed by atoms with Crippen LogP contribution in [0.4, 0.5) is 0 Å². The summed E-state index contributed by atoms with van der Waals surface area (Å²) in [5.41, 5.74) is 5.25. The van der Waals surface area contributed by atoms with E-state index in [0.717, 1.165) is 0 Å². The Labute approximate surface area is 138 Å². The molecule has 0 atom stereocenters. The van der Waals surface area contributed by atoms with Crippen molar-refractivity contribution in [1.29, 1.82) is 0 Å². The van der Waals surface area contributed by atoms with Gasteiger partial charge in [-0.25, -0.2) is 0 Å². The van der Waals surface area contributed by atoms with Crippen LogP contribution in [-0.2, 0) is 0 Å². The molecule has 0 saturated carbocycles. The molecule has 0 amide bonds. The van der Waals surface area contributed by atoms with Gasteiger partial charge >= 0.3 is 139 Å². The summed E-state index contributed by atoms with van der Waals surface area (Å²) in [6.07, 6.45) is 0. The third kappa shape index (κ3) is 4.51. The van der Waals surface area contributed by atoms with Crippen molar-refractivity contribution in [2.45, 2.75) is 13.8 Å². The van der Waals surface area contributed by atoms with Crippen LogP contribution in [0, 0.1) is 13.8 Å². The molecule has 2 heteroatoms. The molecule has 2 rings (SSSR count). The Kier molecular flexibility index (Phi) is 5.95. The van der Waals surface area contributed by atoms with E-state index in [1.54, 1.807) is 0 Å². The quantitative estimate of drug-likeness (QED) is 0.551. The molecule has 2 aromatic rings. The van der Waals surface area contributed by atoms with E-state index >= 15 is 0 Å². The molecule has 0 aliphatic carbocycles. The van der Waals surface area contributed by atoms with Crippen molar-refractivity contribution in [3.8, 4) is 0 Å². The third-order valence-electron chi connectivity index (χ3n) is 2.99. The fourth-order valence-corrected chi connectivity index (χ4v) is 11.1. The van der Waals surface area contributed by atoms with Crippen LogP contribution in [-0.4, -0.2) is 34.1 Å². The van der Waals surface area contributed by atoms with Crippen LogP contribution in [0.5, 0.6) is 0 Å². The van der Waals surface area contributed by atoms with E-state index in [0.29, 0.717) is 0 Å². The maximum atomic E-state index is 4.28. The summed E-state index contributed by atoms with van der Waals surface area (Å²) in [7, 11) is 0. The summed E-state index contributed by atoms with van der Waals surface area (Å²) < 4.78 is 2.73. The zero-order valence-corrected chi connectivity index (χ0v) is 16.5. The molecular formula is C18H18Te2. The topological polar surface area (TPSA) is 0 Å². The van der Waals surface area contributed by atoms with E-state index in [2.05, 4.69) is 75.5 Å². The van der Waals surface area contributed by atoms with Gasteiger partial charge in [0, 0.05) is 0 Å². The summed E-state index contributed by atoms with van der Waals surface area (Å²) in [5.74, 6) is 0. The number of aryl methyl sites for hydroxylation is 2. The van der Waals surface area contributed by atoms with E-state index in [9.17, 15) is 0 Å². The monoisotopic (exact) mass is 494 g/mol. The molecule has 0 saturated heterocycles. The summed E-state index contributed by atoms with van der Waals surface area (Å²) in [6.45, 7) is 12.8. The van der Waals surface area contributed by atoms with Gasteiger partial charge in [-0.3, -0.25) is 0 Å². The summed E-state index contributed by atoms with van der Waals surface area (Å²) in [5, 5.41) is 0. The second-order valence-electron chi connectivity index (χ2n) is 4.75. The molecule has 2 aromatic carbocycles. The van der Waals surface area contributed by atoms with Crippen molar-refractivity contribution >= 4 is 41.4 Å². The van der Waals surface area contributed by atoms with Gasteiger partial charge < -0.3 is 0 Å².